The molecule has 1 aromatic carbocycles. The van der Waals surface area contributed by atoms with Crippen molar-refractivity contribution in [3.8, 4) is 5.75 Å². The first-order valence-electron chi connectivity index (χ1n) is 12.9. The van der Waals surface area contributed by atoms with E-state index in [1.54, 1.807) is 0 Å². The first-order chi connectivity index (χ1) is 14.5. The molecule has 1 unspecified atom stereocenters. The zero-order valence-corrected chi connectivity index (χ0v) is 22.1. The number of rotatable bonds is 9. The lowest BCUT2D eigenvalue weighted by Gasteiger charge is -2.27. The quantitative estimate of drug-likeness (QED) is 0.362. The molecular weight excluding hydrogens is 380 g/mol. The standard InChI is InChI=1S/C20H34O2.C9H18/c1-8-13-21-18(15-20(5,6)7)22-17-11-9-16(10-12-17)14-19(2,3)4;1-2-6-9-7-4-3-5-8-9/h9-12,18H,8,13-15H2,1-7H3;9H,2-8H2,1H3. The fourth-order valence-electron chi connectivity index (χ4n) is 4.22. The van der Waals surface area contributed by atoms with E-state index in [0.29, 0.717) is 5.41 Å². The van der Waals surface area contributed by atoms with Crippen LogP contribution in [0.3, 0.4) is 0 Å². The van der Waals surface area contributed by atoms with Crippen LogP contribution >= 0.6 is 0 Å². The lowest BCUT2D eigenvalue weighted by Crippen LogP contribution is -2.27. The van der Waals surface area contributed by atoms with Gasteiger partial charge in [0.15, 0.2) is 6.29 Å². The molecule has 2 nitrogen and oxygen atoms in total. The van der Waals surface area contributed by atoms with Crippen molar-refractivity contribution >= 4 is 0 Å². The monoisotopic (exact) mass is 432 g/mol. The van der Waals surface area contributed by atoms with Gasteiger partial charge >= 0.3 is 0 Å². The minimum Gasteiger partial charge on any atom is -0.465 e. The van der Waals surface area contributed by atoms with E-state index < -0.39 is 0 Å². The second-order valence-electron chi connectivity index (χ2n) is 11.9. The Morgan fingerprint density at radius 3 is 1.94 bits per heavy atom. The van der Waals surface area contributed by atoms with E-state index in [2.05, 4.69) is 79.7 Å². The lowest BCUT2D eigenvalue weighted by molar-refractivity contribution is -0.0993. The van der Waals surface area contributed by atoms with Gasteiger partial charge in [0.1, 0.15) is 5.75 Å². The maximum absolute atomic E-state index is 6.06. The van der Waals surface area contributed by atoms with Crippen molar-refractivity contribution in [1.82, 2.24) is 0 Å². The molecule has 0 heterocycles. The first kappa shape index (κ1) is 28.0. The molecule has 1 aliphatic rings. The Kier molecular flexibility index (Phi) is 12.8. The Labute approximate surface area is 194 Å². The van der Waals surface area contributed by atoms with E-state index in [0.717, 1.165) is 37.5 Å². The van der Waals surface area contributed by atoms with Gasteiger partial charge in [0.2, 0.25) is 0 Å². The molecule has 1 atom stereocenters. The summed E-state index contributed by atoms with van der Waals surface area (Å²) in [4.78, 5) is 0. The molecule has 0 aromatic heterocycles. The summed E-state index contributed by atoms with van der Waals surface area (Å²) in [5, 5.41) is 0. The van der Waals surface area contributed by atoms with Crippen LogP contribution in [-0.2, 0) is 11.2 Å². The summed E-state index contributed by atoms with van der Waals surface area (Å²) in [6.45, 7) is 18.6. The molecule has 1 fully saturated rings. The highest BCUT2D eigenvalue weighted by Crippen LogP contribution is 2.27. The predicted molar refractivity (Wildman–Crippen MR) is 136 cm³/mol. The Bertz CT molecular complexity index is 553. The third-order valence-electron chi connectivity index (χ3n) is 5.63. The van der Waals surface area contributed by atoms with Crippen molar-refractivity contribution in [3.05, 3.63) is 29.8 Å². The molecule has 0 amide bonds. The number of ether oxygens (including phenoxy) is 2. The molecule has 2 rings (SSSR count). The second kappa shape index (κ2) is 14.2. The smallest absolute Gasteiger partial charge is 0.200 e. The van der Waals surface area contributed by atoms with Crippen LogP contribution in [-0.4, -0.2) is 12.9 Å². The Balaban J connectivity index is 0.000000442. The second-order valence-corrected chi connectivity index (χ2v) is 11.9. The van der Waals surface area contributed by atoms with Crippen molar-refractivity contribution in [2.24, 2.45) is 16.7 Å². The highest BCUT2D eigenvalue weighted by molar-refractivity contribution is 5.28. The maximum Gasteiger partial charge on any atom is 0.200 e. The third kappa shape index (κ3) is 14.6. The van der Waals surface area contributed by atoms with Gasteiger partial charge in [-0.15, -0.1) is 0 Å². The van der Waals surface area contributed by atoms with Crippen molar-refractivity contribution in [1.29, 1.82) is 0 Å². The third-order valence-corrected chi connectivity index (χ3v) is 5.63. The maximum atomic E-state index is 6.06. The van der Waals surface area contributed by atoms with E-state index in [-0.39, 0.29) is 11.7 Å². The molecule has 1 aliphatic carbocycles. The molecule has 0 aliphatic heterocycles. The van der Waals surface area contributed by atoms with Crippen LogP contribution in [0.4, 0.5) is 0 Å². The van der Waals surface area contributed by atoms with Gasteiger partial charge in [0.25, 0.3) is 0 Å². The Morgan fingerprint density at radius 1 is 0.839 bits per heavy atom. The van der Waals surface area contributed by atoms with Gasteiger partial charge in [-0.25, -0.2) is 0 Å². The van der Waals surface area contributed by atoms with E-state index in [1.807, 2.05) is 0 Å². The minimum absolute atomic E-state index is 0.173. The van der Waals surface area contributed by atoms with Crippen molar-refractivity contribution < 1.29 is 9.47 Å². The van der Waals surface area contributed by atoms with Crippen LogP contribution in [0.5, 0.6) is 5.75 Å². The summed E-state index contributed by atoms with van der Waals surface area (Å²) in [6, 6.07) is 8.45. The molecule has 1 saturated carbocycles. The lowest BCUT2D eigenvalue weighted by atomic mass is 9.86. The van der Waals surface area contributed by atoms with E-state index in [4.69, 9.17) is 9.47 Å². The average Bonchev–Trinajstić information content (AvgIpc) is 2.67. The fraction of sp³-hybridized carbons (Fsp3) is 0.793. The SMILES string of the molecule is CCCC1CCCCC1.CCCOC(CC(C)(C)C)Oc1ccc(CC(C)(C)C)cc1. The zero-order chi connectivity index (χ0) is 23.3. The van der Waals surface area contributed by atoms with Gasteiger partial charge < -0.3 is 9.47 Å². The molecule has 0 bridgehead atoms. The molecule has 0 saturated heterocycles. The summed E-state index contributed by atoms with van der Waals surface area (Å²) in [7, 11) is 0. The van der Waals surface area contributed by atoms with Gasteiger partial charge in [-0.2, -0.15) is 0 Å². The van der Waals surface area contributed by atoms with Crippen molar-refractivity contribution in [2.75, 3.05) is 6.61 Å². The molecule has 31 heavy (non-hydrogen) atoms. The average molecular weight is 433 g/mol. The molecule has 0 radical (unpaired) electrons. The topological polar surface area (TPSA) is 18.5 Å². The van der Waals surface area contributed by atoms with Crippen LogP contribution < -0.4 is 4.74 Å². The van der Waals surface area contributed by atoms with Crippen LogP contribution in [0.1, 0.15) is 119 Å². The van der Waals surface area contributed by atoms with Crippen LogP contribution in [0.2, 0.25) is 0 Å². The van der Waals surface area contributed by atoms with Crippen LogP contribution in [0.15, 0.2) is 24.3 Å². The van der Waals surface area contributed by atoms with E-state index in [1.165, 1.54) is 50.5 Å². The minimum atomic E-state index is -0.173. The Morgan fingerprint density at radius 2 is 1.45 bits per heavy atom. The van der Waals surface area contributed by atoms with Crippen molar-refractivity contribution in [3.63, 3.8) is 0 Å². The van der Waals surface area contributed by atoms with Crippen LogP contribution in [0, 0.1) is 16.7 Å². The van der Waals surface area contributed by atoms with Gasteiger partial charge in [-0.05, 0) is 47.3 Å². The highest BCUT2D eigenvalue weighted by Gasteiger charge is 2.21. The summed E-state index contributed by atoms with van der Waals surface area (Å²) in [5.41, 5.74) is 1.84. The zero-order valence-electron chi connectivity index (χ0n) is 22.1. The molecular formula is C29H52O2. The predicted octanol–water partition coefficient (Wildman–Crippen LogP) is 9.21. The molecule has 1 aromatic rings. The van der Waals surface area contributed by atoms with Crippen LogP contribution in [0.25, 0.3) is 0 Å². The van der Waals surface area contributed by atoms with Gasteiger partial charge in [-0.1, -0.05) is 112 Å². The summed E-state index contributed by atoms with van der Waals surface area (Å²) < 4.78 is 11.9. The van der Waals surface area contributed by atoms with Gasteiger partial charge in [0.05, 0.1) is 6.61 Å². The summed E-state index contributed by atoms with van der Waals surface area (Å²) >= 11 is 0. The number of benzene rings is 1. The fourth-order valence-corrected chi connectivity index (χ4v) is 4.22. The summed E-state index contributed by atoms with van der Waals surface area (Å²) in [5.74, 6) is 1.99. The van der Waals surface area contributed by atoms with E-state index >= 15 is 0 Å². The largest absolute Gasteiger partial charge is 0.465 e. The number of hydrogen-bond donors (Lipinski definition) is 0. The van der Waals surface area contributed by atoms with Gasteiger partial charge in [0, 0.05) is 6.42 Å². The number of hydrogen-bond acceptors (Lipinski definition) is 2. The highest BCUT2D eigenvalue weighted by atomic mass is 16.7. The first-order valence-corrected chi connectivity index (χ1v) is 12.9. The van der Waals surface area contributed by atoms with E-state index in [9.17, 15) is 0 Å². The molecule has 0 N–H and O–H groups in total. The summed E-state index contributed by atoms with van der Waals surface area (Å²) in [6.07, 6.45) is 13.2. The molecule has 0 spiro atoms. The Hall–Kier alpha value is -1.02. The van der Waals surface area contributed by atoms with Crippen molar-refractivity contribution in [2.45, 2.75) is 126 Å². The normalized spacial score (nSPS) is 16.4. The van der Waals surface area contributed by atoms with Gasteiger partial charge in [-0.3, -0.25) is 0 Å². The molecule has 2 heteroatoms. The molecule has 180 valence electrons.